The molecule has 4 nitrogen and oxygen atoms in total. The molecule has 17 heavy (non-hydrogen) atoms. The van der Waals surface area contributed by atoms with Crippen molar-refractivity contribution in [1.82, 2.24) is 10.2 Å². The van der Waals surface area contributed by atoms with Crippen LogP contribution in [0.2, 0.25) is 0 Å². The normalized spacial score (nSPS) is 27.1. The molecule has 0 saturated carbocycles. The van der Waals surface area contributed by atoms with Crippen molar-refractivity contribution >= 4 is 5.91 Å². The molecule has 98 valence electrons. The molecular formula is C13H24N2O2. The summed E-state index contributed by atoms with van der Waals surface area (Å²) >= 11 is 0. The monoisotopic (exact) mass is 240 g/mol. The fourth-order valence-corrected chi connectivity index (χ4v) is 2.96. The van der Waals surface area contributed by atoms with Crippen LogP contribution in [0.1, 0.15) is 32.1 Å². The molecule has 0 aromatic heterocycles. The first kappa shape index (κ1) is 12.8. The Bertz CT molecular complexity index is 250. The van der Waals surface area contributed by atoms with Crippen LogP contribution >= 0.6 is 0 Å². The molecule has 0 radical (unpaired) electrons. The molecule has 0 spiro atoms. The summed E-state index contributed by atoms with van der Waals surface area (Å²) < 4.78 is 5.24. The molecule has 2 rings (SSSR count). The lowest BCUT2D eigenvalue weighted by atomic mass is 9.93. The largest absolute Gasteiger partial charge is 0.383 e. The Morgan fingerprint density at radius 1 is 1.29 bits per heavy atom. The lowest BCUT2D eigenvalue weighted by molar-refractivity contribution is -0.141. The van der Waals surface area contributed by atoms with Crippen LogP contribution in [-0.2, 0) is 9.53 Å². The summed E-state index contributed by atoms with van der Waals surface area (Å²) in [5.41, 5.74) is 0. The third-order valence-electron chi connectivity index (χ3n) is 3.96. The third kappa shape index (κ3) is 3.19. The van der Waals surface area contributed by atoms with Gasteiger partial charge in [0.05, 0.1) is 12.6 Å². The highest BCUT2D eigenvalue weighted by atomic mass is 16.5. The van der Waals surface area contributed by atoms with Crippen LogP contribution in [0.5, 0.6) is 0 Å². The number of ether oxygens (including phenoxy) is 1. The fourth-order valence-electron chi connectivity index (χ4n) is 2.96. The molecule has 2 aliphatic heterocycles. The van der Waals surface area contributed by atoms with E-state index in [0.29, 0.717) is 18.6 Å². The van der Waals surface area contributed by atoms with Crippen molar-refractivity contribution in [2.45, 2.75) is 38.1 Å². The van der Waals surface area contributed by atoms with Crippen molar-refractivity contribution < 1.29 is 9.53 Å². The van der Waals surface area contributed by atoms with Crippen molar-refractivity contribution in [3.05, 3.63) is 0 Å². The van der Waals surface area contributed by atoms with E-state index in [1.807, 2.05) is 0 Å². The van der Waals surface area contributed by atoms with E-state index in [1.165, 1.54) is 6.42 Å². The van der Waals surface area contributed by atoms with Crippen molar-refractivity contribution in [2.75, 3.05) is 33.4 Å². The fraction of sp³-hybridized carbons (Fsp3) is 0.923. The van der Waals surface area contributed by atoms with Crippen LogP contribution in [0.4, 0.5) is 0 Å². The van der Waals surface area contributed by atoms with E-state index >= 15 is 0 Å². The second-order valence-electron chi connectivity index (χ2n) is 5.16. The summed E-state index contributed by atoms with van der Waals surface area (Å²) in [4.78, 5) is 14.6. The van der Waals surface area contributed by atoms with Crippen molar-refractivity contribution in [3.8, 4) is 0 Å². The second kappa shape index (κ2) is 6.36. The van der Waals surface area contributed by atoms with Gasteiger partial charge in [0.25, 0.3) is 0 Å². The van der Waals surface area contributed by atoms with Gasteiger partial charge in [-0.05, 0) is 45.2 Å². The third-order valence-corrected chi connectivity index (χ3v) is 3.96. The highest BCUT2D eigenvalue weighted by molar-refractivity contribution is 5.79. The quantitative estimate of drug-likeness (QED) is 0.800. The van der Waals surface area contributed by atoms with Crippen molar-refractivity contribution in [2.24, 2.45) is 5.92 Å². The zero-order valence-electron chi connectivity index (χ0n) is 10.8. The van der Waals surface area contributed by atoms with E-state index in [2.05, 4.69) is 10.2 Å². The summed E-state index contributed by atoms with van der Waals surface area (Å²) in [5.74, 6) is 0.613. The van der Waals surface area contributed by atoms with Gasteiger partial charge in [-0.25, -0.2) is 0 Å². The predicted molar refractivity (Wildman–Crippen MR) is 66.8 cm³/mol. The first-order chi connectivity index (χ1) is 8.33. The molecule has 0 aromatic carbocycles. The Kier molecular flexibility index (Phi) is 4.80. The van der Waals surface area contributed by atoms with Gasteiger partial charge in [0, 0.05) is 19.6 Å². The maximum Gasteiger partial charge on any atom is 0.226 e. The van der Waals surface area contributed by atoms with Gasteiger partial charge >= 0.3 is 0 Å². The first-order valence-electron chi connectivity index (χ1n) is 6.83. The maximum atomic E-state index is 12.5. The highest BCUT2D eigenvalue weighted by Gasteiger charge is 2.31. The molecule has 1 unspecified atom stereocenters. The summed E-state index contributed by atoms with van der Waals surface area (Å²) in [6.07, 6.45) is 5.47. The zero-order valence-corrected chi connectivity index (χ0v) is 10.8. The molecular weight excluding hydrogens is 216 g/mol. The van der Waals surface area contributed by atoms with E-state index in [9.17, 15) is 4.79 Å². The number of nitrogens with zero attached hydrogens (tertiary/aromatic N) is 1. The van der Waals surface area contributed by atoms with Crippen LogP contribution in [0.15, 0.2) is 0 Å². The molecule has 2 aliphatic rings. The van der Waals surface area contributed by atoms with Crippen LogP contribution in [0, 0.1) is 5.92 Å². The average Bonchev–Trinajstić information content (AvgIpc) is 2.40. The molecule has 1 amide bonds. The molecule has 0 aromatic rings. The average molecular weight is 240 g/mol. The Morgan fingerprint density at radius 2 is 2.06 bits per heavy atom. The van der Waals surface area contributed by atoms with Gasteiger partial charge in [0.2, 0.25) is 5.91 Å². The Labute approximate surface area is 104 Å². The topological polar surface area (TPSA) is 41.6 Å². The summed E-state index contributed by atoms with van der Waals surface area (Å²) in [6.45, 7) is 3.59. The van der Waals surface area contributed by atoms with Gasteiger partial charge in [-0.15, -0.1) is 0 Å². The molecule has 2 heterocycles. The number of methoxy groups -OCH3 is 1. The minimum absolute atomic E-state index is 0.244. The SMILES string of the molecule is COCC1CCCCN1C(=O)C1CCNCC1. The molecule has 4 heteroatoms. The minimum atomic E-state index is 0.244. The second-order valence-corrected chi connectivity index (χ2v) is 5.16. The number of hydrogen-bond acceptors (Lipinski definition) is 3. The molecule has 2 saturated heterocycles. The van der Waals surface area contributed by atoms with Crippen LogP contribution in [-0.4, -0.2) is 50.2 Å². The van der Waals surface area contributed by atoms with Gasteiger partial charge in [-0.1, -0.05) is 0 Å². The number of likely N-dealkylation sites (tertiary alicyclic amines) is 1. The highest BCUT2D eigenvalue weighted by Crippen LogP contribution is 2.23. The Balaban J connectivity index is 1.94. The van der Waals surface area contributed by atoms with E-state index in [1.54, 1.807) is 7.11 Å². The molecule has 1 N–H and O–H groups in total. The van der Waals surface area contributed by atoms with Crippen LogP contribution in [0.3, 0.4) is 0 Å². The van der Waals surface area contributed by atoms with E-state index < -0.39 is 0 Å². The maximum absolute atomic E-state index is 12.5. The smallest absolute Gasteiger partial charge is 0.226 e. The lowest BCUT2D eigenvalue weighted by Gasteiger charge is -2.38. The van der Waals surface area contributed by atoms with Gasteiger partial charge in [0.15, 0.2) is 0 Å². The number of carbonyl (C=O) groups excluding carboxylic acids is 1. The standard InChI is InChI=1S/C13H24N2O2/c1-17-10-12-4-2-3-9-15(12)13(16)11-5-7-14-8-6-11/h11-12,14H,2-10H2,1H3. The first-order valence-corrected chi connectivity index (χ1v) is 6.83. The zero-order chi connectivity index (χ0) is 12.1. The van der Waals surface area contributed by atoms with Crippen molar-refractivity contribution in [1.29, 1.82) is 0 Å². The van der Waals surface area contributed by atoms with Gasteiger partial charge < -0.3 is 15.0 Å². The Hall–Kier alpha value is -0.610. The number of piperidine rings is 2. The van der Waals surface area contributed by atoms with Gasteiger partial charge in [0.1, 0.15) is 0 Å². The Morgan fingerprint density at radius 3 is 2.76 bits per heavy atom. The van der Waals surface area contributed by atoms with Crippen LogP contribution < -0.4 is 5.32 Å². The lowest BCUT2D eigenvalue weighted by Crippen LogP contribution is -2.49. The van der Waals surface area contributed by atoms with E-state index in [4.69, 9.17) is 4.74 Å². The summed E-state index contributed by atoms with van der Waals surface area (Å²) in [5, 5.41) is 3.31. The number of rotatable bonds is 3. The van der Waals surface area contributed by atoms with Crippen LogP contribution in [0.25, 0.3) is 0 Å². The summed E-state index contributed by atoms with van der Waals surface area (Å²) in [6, 6.07) is 0.316. The molecule has 0 aliphatic carbocycles. The van der Waals surface area contributed by atoms with Crippen molar-refractivity contribution in [3.63, 3.8) is 0 Å². The van der Waals surface area contributed by atoms with E-state index in [0.717, 1.165) is 45.3 Å². The summed E-state index contributed by atoms with van der Waals surface area (Å²) in [7, 11) is 1.72. The molecule has 2 fully saturated rings. The van der Waals surface area contributed by atoms with Gasteiger partial charge in [-0.2, -0.15) is 0 Å². The number of nitrogens with one attached hydrogen (secondary N) is 1. The minimum Gasteiger partial charge on any atom is -0.383 e. The van der Waals surface area contributed by atoms with E-state index in [-0.39, 0.29) is 5.92 Å². The number of amides is 1. The molecule has 0 bridgehead atoms. The van der Waals surface area contributed by atoms with Gasteiger partial charge in [-0.3, -0.25) is 4.79 Å². The number of carbonyl (C=O) groups is 1. The number of hydrogen-bond donors (Lipinski definition) is 1. The molecule has 1 atom stereocenters. The predicted octanol–water partition coefficient (Wildman–Crippen LogP) is 1.01.